The van der Waals surface area contributed by atoms with Gasteiger partial charge in [0.15, 0.2) is 5.82 Å². The molecule has 0 saturated carbocycles. The van der Waals surface area contributed by atoms with Crippen LogP contribution in [-0.2, 0) is 0 Å². The molecule has 7 heteroatoms. The lowest BCUT2D eigenvalue weighted by Crippen LogP contribution is -2.11. The van der Waals surface area contributed by atoms with Gasteiger partial charge in [-0.2, -0.15) is 0 Å². The van der Waals surface area contributed by atoms with E-state index in [1.165, 1.54) is 23.7 Å². The number of halogens is 2. The zero-order valence-corrected chi connectivity index (χ0v) is 10.9. The van der Waals surface area contributed by atoms with Crippen molar-refractivity contribution in [3.05, 3.63) is 38.3 Å². The van der Waals surface area contributed by atoms with Crippen molar-refractivity contribution < 1.29 is 4.79 Å². The Morgan fingerprint density at radius 1 is 1.44 bits per heavy atom. The first-order chi connectivity index (χ1) is 7.65. The number of nitrogens with zero attached hydrogens (tertiary/aromatic N) is 2. The summed E-state index contributed by atoms with van der Waals surface area (Å²) in [7, 11) is 0. The van der Waals surface area contributed by atoms with Crippen molar-refractivity contribution in [1.82, 2.24) is 9.97 Å². The second-order valence-electron chi connectivity index (χ2n) is 2.78. The molecular formula is C9H5BrClN3OS. The third-order valence-electron chi connectivity index (χ3n) is 1.64. The Labute approximate surface area is 109 Å². The Balaban J connectivity index is 2.13. The van der Waals surface area contributed by atoms with Crippen LogP contribution in [0.3, 0.4) is 0 Å². The van der Waals surface area contributed by atoms with Gasteiger partial charge < -0.3 is 5.32 Å². The van der Waals surface area contributed by atoms with Crippen LogP contribution in [0.2, 0.25) is 5.15 Å². The number of aromatic nitrogens is 2. The number of amides is 1. The summed E-state index contributed by atoms with van der Waals surface area (Å²) in [4.78, 5) is 20.0. The molecule has 0 aliphatic heterocycles. The molecule has 0 aliphatic rings. The lowest BCUT2D eigenvalue weighted by Gasteiger charge is -2.01. The third kappa shape index (κ3) is 2.78. The van der Waals surface area contributed by atoms with Gasteiger partial charge in [-0.25, -0.2) is 4.98 Å². The highest BCUT2D eigenvalue weighted by atomic mass is 79.9. The predicted molar refractivity (Wildman–Crippen MR) is 67.0 cm³/mol. The summed E-state index contributed by atoms with van der Waals surface area (Å²) in [6.07, 6.45) is 2.84. The molecule has 0 aromatic carbocycles. The monoisotopic (exact) mass is 317 g/mol. The minimum absolute atomic E-state index is 0.229. The van der Waals surface area contributed by atoms with E-state index in [0.717, 1.165) is 3.79 Å². The second-order valence-corrected chi connectivity index (χ2v) is 5.64. The van der Waals surface area contributed by atoms with Gasteiger partial charge in [-0.1, -0.05) is 11.6 Å². The fourth-order valence-corrected chi connectivity index (χ4v) is 2.45. The molecule has 0 fully saturated rings. The Morgan fingerprint density at radius 3 is 2.88 bits per heavy atom. The second kappa shape index (κ2) is 4.90. The van der Waals surface area contributed by atoms with Crippen molar-refractivity contribution in [2.75, 3.05) is 5.32 Å². The molecule has 2 heterocycles. The molecule has 2 aromatic rings. The normalized spacial score (nSPS) is 10.1. The van der Waals surface area contributed by atoms with Crippen LogP contribution < -0.4 is 5.32 Å². The van der Waals surface area contributed by atoms with Gasteiger partial charge in [0, 0.05) is 0 Å². The first kappa shape index (κ1) is 11.5. The largest absolute Gasteiger partial charge is 0.305 e. The molecule has 1 N–H and O–H groups in total. The molecule has 82 valence electrons. The number of rotatable bonds is 2. The number of carbonyl (C=O) groups excluding carboxylic acids is 1. The van der Waals surface area contributed by atoms with Gasteiger partial charge in [0.25, 0.3) is 5.91 Å². The van der Waals surface area contributed by atoms with E-state index in [-0.39, 0.29) is 11.1 Å². The summed E-state index contributed by atoms with van der Waals surface area (Å²) in [5, 5.41) is 2.85. The highest BCUT2D eigenvalue weighted by Gasteiger charge is 2.09. The molecule has 0 saturated heterocycles. The minimum Gasteiger partial charge on any atom is -0.305 e. The van der Waals surface area contributed by atoms with E-state index < -0.39 is 0 Å². The Bertz CT molecular complexity index is 531. The van der Waals surface area contributed by atoms with Gasteiger partial charge in [-0.3, -0.25) is 9.78 Å². The number of thiophene rings is 1. The quantitative estimate of drug-likeness (QED) is 0.925. The van der Waals surface area contributed by atoms with Gasteiger partial charge >= 0.3 is 0 Å². The molecule has 4 nitrogen and oxygen atoms in total. The SMILES string of the molecule is O=C(Nc1cncc(Cl)n1)c1ccc(Br)s1. The first-order valence-electron chi connectivity index (χ1n) is 4.19. The van der Waals surface area contributed by atoms with E-state index in [9.17, 15) is 4.79 Å². The van der Waals surface area contributed by atoms with E-state index in [1.807, 2.05) is 6.07 Å². The molecule has 0 bridgehead atoms. The van der Waals surface area contributed by atoms with Crippen molar-refractivity contribution in [2.45, 2.75) is 0 Å². The third-order valence-corrected chi connectivity index (χ3v) is 3.45. The van der Waals surface area contributed by atoms with Crippen LogP contribution in [-0.4, -0.2) is 15.9 Å². The maximum absolute atomic E-state index is 11.7. The molecule has 0 unspecified atom stereocenters. The fourth-order valence-electron chi connectivity index (χ4n) is 1.02. The van der Waals surface area contributed by atoms with Crippen molar-refractivity contribution in [3.8, 4) is 0 Å². The van der Waals surface area contributed by atoms with E-state index in [0.29, 0.717) is 10.7 Å². The Morgan fingerprint density at radius 2 is 2.25 bits per heavy atom. The minimum atomic E-state index is -0.229. The summed E-state index contributed by atoms with van der Waals surface area (Å²) in [6, 6.07) is 3.53. The number of nitrogens with one attached hydrogen (secondary N) is 1. The zero-order chi connectivity index (χ0) is 11.5. The van der Waals surface area contributed by atoms with Crippen LogP contribution in [0.15, 0.2) is 28.3 Å². The summed E-state index contributed by atoms with van der Waals surface area (Å²) in [5.74, 6) is 0.106. The van der Waals surface area contributed by atoms with E-state index >= 15 is 0 Å². The molecule has 0 radical (unpaired) electrons. The van der Waals surface area contributed by atoms with E-state index in [1.54, 1.807) is 6.07 Å². The summed E-state index contributed by atoms with van der Waals surface area (Å²) in [5.41, 5.74) is 0. The standard InChI is InChI=1S/C9H5BrClN3OS/c10-6-2-1-5(16-6)9(15)14-8-4-12-3-7(11)13-8/h1-4H,(H,13,14,15). The summed E-state index contributed by atoms with van der Waals surface area (Å²) in [6.45, 7) is 0. The van der Waals surface area contributed by atoms with Crippen LogP contribution in [0, 0.1) is 0 Å². The van der Waals surface area contributed by atoms with Gasteiger partial charge in [-0.05, 0) is 28.1 Å². The highest BCUT2D eigenvalue weighted by molar-refractivity contribution is 9.11. The van der Waals surface area contributed by atoms with Crippen LogP contribution in [0.5, 0.6) is 0 Å². The topological polar surface area (TPSA) is 54.9 Å². The Hall–Kier alpha value is -0.980. The van der Waals surface area contributed by atoms with Crippen LogP contribution in [0.25, 0.3) is 0 Å². The average molecular weight is 319 g/mol. The molecule has 2 aromatic heterocycles. The first-order valence-corrected chi connectivity index (χ1v) is 6.18. The molecule has 1 amide bonds. The van der Waals surface area contributed by atoms with Crippen LogP contribution in [0.4, 0.5) is 5.82 Å². The lowest BCUT2D eigenvalue weighted by molar-refractivity contribution is 0.103. The molecular weight excluding hydrogens is 314 g/mol. The molecule has 0 spiro atoms. The number of hydrogen-bond donors (Lipinski definition) is 1. The van der Waals surface area contributed by atoms with Crippen LogP contribution in [0.1, 0.15) is 9.67 Å². The molecule has 0 atom stereocenters. The number of anilines is 1. The molecule has 2 rings (SSSR count). The van der Waals surface area contributed by atoms with Gasteiger partial charge in [-0.15, -0.1) is 11.3 Å². The van der Waals surface area contributed by atoms with E-state index in [2.05, 4.69) is 31.2 Å². The van der Waals surface area contributed by atoms with Crippen molar-refractivity contribution in [3.63, 3.8) is 0 Å². The van der Waals surface area contributed by atoms with E-state index in [4.69, 9.17) is 11.6 Å². The van der Waals surface area contributed by atoms with Gasteiger partial charge in [0.05, 0.1) is 21.1 Å². The zero-order valence-electron chi connectivity index (χ0n) is 7.78. The van der Waals surface area contributed by atoms with Crippen LogP contribution >= 0.6 is 38.9 Å². The van der Waals surface area contributed by atoms with Gasteiger partial charge in [0.1, 0.15) is 5.15 Å². The molecule has 16 heavy (non-hydrogen) atoms. The highest BCUT2D eigenvalue weighted by Crippen LogP contribution is 2.22. The smallest absolute Gasteiger partial charge is 0.266 e. The van der Waals surface area contributed by atoms with Gasteiger partial charge in [0.2, 0.25) is 0 Å². The average Bonchev–Trinajstić information content (AvgIpc) is 2.65. The lowest BCUT2D eigenvalue weighted by atomic mass is 10.4. The maximum Gasteiger partial charge on any atom is 0.266 e. The fraction of sp³-hybridized carbons (Fsp3) is 0. The van der Waals surface area contributed by atoms with Crippen molar-refractivity contribution in [1.29, 1.82) is 0 Å². The predicted octanol–water partition coefficient (Wildman–Crippen LogP) is 3.21. The summed E-state index contributed by atoms with van der Waals surface area (Å²) < 4.78 is 0.898. The maximum atomic E-state index is 11.7. The number of carbonyl (C=O) groups is 1. The summed E-state index contributed by atoms with van der Waals surface area (Å²) >= 11 is 10.3. The Kier molecular flexibility index (Phi) is 3.52. The molecule has 0 aliphatic carbocycles. The number of hydrogen-bond acceptors (Lipinski definition) is 4. The van der Waals surface area contributed by atoms with Crippen molar-refractivity contribution >= 4 is 50.6 Å². The van der Waals surface area contributed by atoms with Crippen molar-refractivity contribution in [2.24, 2.45) is 0 Å².